The SMILES string of the molecule is CCN[C@H](C=O)CC(C)C. The number of nitrogens with one attached hydrogen (secondary N) is 1. The van der Waals surface area contributed by atoms with Crippen LogP contribution in [0.3, 0.4) is 0 Å². The molecule has 0 aliphatic rings. The second-order valence-corrected chi connectivity index (χ2v) is 2.93. The molecular weight excluding hydrogens is 126 g/mol. The van der Waals surface area contributed by atoms with Crippen LogP contribution in [0.25, 0.3) is 0 Å². The van der Waals surface area contributed by atoms with Crippen LogP contribution in [0.15, 0.2) is 0 Å². The second kappa shape index (κ2) is 5.42. The summed E-state index contributed by atoms with van der Waals surface area (Å²) in [5.74, 6) is 0.592. The van der Waals surface area contributed by atoms with Gasteiger partial charge in [-0.15, -0.1) is 0 Å². The van der Waals surface area contributed by atoms with Crippen molar-refractivity contribution in [3.8, 4) is 0 Å². The van der Waals surface area contributed by atoms with Gasteiger partial charge in [0.15, 0.2) is 0 Å². The molecule has 0 bridgehead atoms. The third-order valence-corrected chi connectivity index (χ3v) is 1.36. The van der Waals surface area contributed by atoms with Crippen LogP contribution in [-0.2, 0) is 4.79 Å². The molecule has 0 aromatic carbocycles. The van der Waals surface area contributed by atoms with E-state index in [1.165, 1.54) is 0 Å². The van der Waals surface area contributed by atoms with Crippen LogP contribution in [0.2, 0.25) is 0 Å². The summed E-state index contributed by atoms with van der Waals surface area (Å²) in [4.78, 5) is 10.4. The molecule has 0 heterocycles. The van der Waals surface area contributed by atoms with Gasteiger partial charge in [-0.05, 0) is 18.9 Å². The molecule has 0 aliphatic carbocycles. The van der Waals surface area contributed by atoms with Crippen molar-refractivity contribution in [1.82, 2.24) is 5.32 Å². The molecule has 0 radical (unpaired) electrons. The molecule has 0 saturated carbocycles. The summed E-state index contributed by atoms with van der Waals surface area (Å²) in [7, 11) is 0. The van der Waals surface area contributed by atoms with Crippen LogP contribution in [0.5, 0.6) is 0 Å². The topological polar surface area (TPSA) is 29.1 Å². The van der Waals surface area contributed by atoms with E-state index in [-0.39, 0.29) is 6.04 Å². The van der Waals surface area contributed by atoms with Crippen molar-refractivity contribution in [2.24, 2.45) is 5.92 Å². The summed E-state index contributed by atoms with van der Waals surface area (Å²) in [5.41, 5.74) is 0. The molecule has 0 spiro atoms. The molecule has 0 rings (SSSR count). The van der Waals surface area contributed by atoms with Gasteiger partial charge in [0, 0.05) is 0 Å². The lowest BCUT2D eigenvalue weighted by molar-refractivity contribution is -0.109. The van der Waals surface area contributed by atoms with Gasteiger partial charge >= 0.3 is 0 Å². The van der Waals surface area contributed by atoms with Gasteiger partial charge < -0.3 is 10.1 Å². The quantitative estimate of drug-likeness (QED) is 0.586. The van der Waals surface area contributed by atoms with E-state index in [1.54, 1.807) is 0 Å². The maximum Gasteiger partial charge on any atom is 0.136 e. The van der Waals surface area contributed by atoms with E-state index >= 15 is 0 Å². The molecule has 60 valence electrons. The number of aldehydes is 1. The second-order valence-electron chi connectivity index (χ2n) is 2.93. The van der Waals surface area contributed by atoms with Crippen LogP contribution < -0.4 is 5.32 Å². The zero-order valence-electron chi connectivity index (χ0n) is 7.05. The van der Waals surface area contributed by atoms with Crippen LogP contribution in [0, 0.1) is 5.92 Å². The first kappa shape index (κ1) is 9.63. The Kier molecular flexibility index (Phi) is 5.22. The van der Waals surface area contributed by atoms with E-state index < -0.39 is 0 Å². The molecule has 0 saturated heterocycles. The van der Waals surface area contributed by atoms with Gasteiger partial charge in [0.25, 0.3) is 0 Å². The predicted octanol–water partition coefficient (Wildman–Crippen LogP) is 1.21. The fourth-order valence-corrected chi connectivity index (χ4v) is 0.957. The van der Waals surface area contributed by atoms with Crippen molar-refractivity contribution in [3.05, 3.63) is 0 Å². The van der Waals surface area contributed by atoms with E-state index in [1.807, 2.05) is 6.92 Å². The molecule has 0 aromatic rings. The van der Waals surface area contributed by atoms with Gasteiger partial charge in [-0.2, -0.15) is 0 Å². The monoisotopic (exact) mass is 143 g/mol. The van der Waals surface area contributed by atoms with Gasteiger partial charge in [0.2, 0.25) is 0 Å². The summed E-state index contributed by atoms with van der Waals surface area (Å²) in [6.45, 7) is 7.12. The number of hydrogen-bond acceptors (Lipinski definition) is 2. The van der Waals surface area contributed by atoms with Gasteiger partial charge in [0.1, 0.15) is 6.29 Å². The lowest BCUT2D eigenvalue weighted by Gasteiger charge is -2.12. The highest BCUT2D eigenvalue weighted by Crippen LogP contribution is 2.01. The Morgan fingerprint density at radius 3 is 2.40 bits per heavy atom. The third kappa shape index (κ3) is 4.50. The third-order valence-electron chi connectivity index (χ3n) is 1.36. The number of carbonyl (C=O) groups is 1. The van der Waals surface area contributed by atoms with E-state index in [2.05, 4.69) is 19.2 Å². The van der Waals surface area contributed by atoms with Gasteiger partial charge in [-0.3, -0.25) is 0 Å². The van der Waals surface area contributed by atoms with Crippen molar-refractivity contribution < 1.29 is 4.79 Å². The standard InChI is InChI=1S/C8H17NO/c1-4-9-8(6-10)5-7(2)3/h6-9H,4-5H2,1-3H3/t8-/m0/s1. The highest BCUT2D eigenvalue weighted by Gasteiger charge is 2.06. The zero-order valence-corrected chi connectivity index (χ0v) is 7.05. The minimum absolute atomic E-state index is 0.0602. The Morgan fingerprint density at radius 1 is 1.50 bits per heavy atom. The Morgan fingerprint density at radius 2 is 2.10 bits per heavy atom. The van der Waals surface area contributed by atoms with Crippen LogP contribution in [0.4, 0.5) is 0 Å². The largest absolute Gasteiger partial charge is 0.308 e. The Hall–Kier alpha value is -0.370. The van der Waals surface area contributed by atoms with Crippen molar-refractivity contribution in [2.75, 3.05) is 6.54 Å². The van der Waals surface area contributed by atoms with Crippen molar-refractivity contribution >= 4 is 6.29 Å². The van der Waals surface area contributed by atoms with E-state index in [0.717, 1.165) is 19.3 Å². The van der Waals surface area contributed by atoms with Crippen molar-refractivity contribution in [1.29, 1.82) is 0 Å². The molecule has 0 unspecified atom stereocenters. The van der Waals surface area contributed by atoms with Crippen LogP contribution in [0.1, 0.15) is 27.2 Å². The fourth-order valence-electron chi connectivity index (χ4n) is 0.957. The smallest absolute Gasteiger partial charge is 0.136 e. The molecule has 0 aromatic heterocycles. The first-order valence-electron chi connectivity index (χ1n) is 3.89. The molecular formula is C8H17NO. The molecule has 0 aliphatic heterocycles. The fraction of sp³-hybridized carbons (Fsp3) is 0.875. The maximum atomic E-state index is 10.4. The highest BCUT2D eigenvalue weighted by molar-refractivity contribution is 5.57. The normalized spacial score (nSPS) is 13.6. The molecule has 2 heteroatoms. The molecule has 10 heavy (non-hydrogen) atoms. The van der Waals surface area contributed by atoms with Gasteiger partial charge in [-0.25, -0.2) is 0 Å². The summed E-state index contributed by atoms with van der Waals surface area (Å²) in [5, 5.41) is 3.10. The zero-order chi connectivity index (χ0) is 7.98. The Bertz CT molecular complexity index is 91.3. The molecule has 2 nitrogen and oxygen atoms in total. The summed E-state index contributed by atoms with van der Waals surface area (Å²) < 4.78 is 0. The lowest BCUT2D eigenvalue weighted by Crippen LogP contribution is -2.31. The van der Waals surface area contributed by atoms with Gasteiger partial charge in [-0.1, -0.05) is 20.8 Å². The van der Waals surface area contributed by atoms with E-state index in [9.17, 15) is 4.79 Å². The molecule has 0 fully saturated rings. The Balaban J connectivity index is 3.49. The van der Waals surface area contributed by atoms with E-state index in [0.29, 0.717) is 5.92 Å². The Labute approximate surface area is 63.0 Å². The summed E-state index contributed by atoms with van der Waals surface area (Å²) in [6, 6.07) is 0.0602. The predicted molar refractivity (Wildman–Crippen MR) is 43.0 cm³/mol. The number of likely N-dealkylation sites (N-methyl/N-ethyl adjacent to an activating group) is 1. The number of hydrogen-bond donors (Lipinski definition) is 1. The maximum absolute atomic E-state index is 10.4. The van der Waals surface area contributed by atoms with Crippen LogP contribution >= 0.6 is 0 Å². The van der Waals surface area contributed by atoms with Gasteiger partial charge in [0.05, 0.1) is 6.04 Å². The minimum atomic E-state index is 0.0602. The number of carbonyl (C=O) groups excluding carboxylic acids is 1. The lowest BCUT2D eigenvalue weighted by atomic mass is 10.1. The summed E-state index contributed by atoms with van der Waals surface area (Å²) in [6.07, 6.45) is 1.93. The highest BCUT2D eigenvalue weighted by atomic mass is 16.1. The first-order valence-corrected chi connectivity index (χ1v) is 3.89. The molecule has 1 N–H and O–H groups in total. The molecule has 0 amide bonds. The first-order chi connectivity index (χ1) is 4.70. The van der Waals surface area contributed by atoms with Crippen LogP contribution in [-0.4, -0.2) is 18.9 Å². The van der Waals surface area contributed by atoms with Crippen molar-refractivity contribution in [3.63, 3.8) is 0 Å². The summed E-state index contributed by atoms with van der Waals surface area (Å²) >= 11 is 0. The van der Waals surface area contributed by atoms with Crippen molar-refractivity contribution in [2.45, 2.75) is 33.2 Å². The van der Waals surface area contributed by atoms with E-state index in [4.69, 9.17) is 0 Å². The molecule has 1 atom stereocenters. The number of rotatable bonds is 5. The minimum Gasteiger partial charge on any atom is -0.308 e. The average molecular weight is 143 g/mol. The average Bonchev–Trinajstić information content (AvgIpc) is 1.86.